The summed E-state index contributed by atoms with van der Waals surface area (Å²) >= 11 is 0. The SMILES string of the molecule is O=C(O)C(=O)c1ccccc1OC1CCC1. The maximum atomic E-state index is 11.4. The van der Waals surface area contributed by atoms with Crippen molar-refractivity contribution in [2.75, 3.05) is 0 Å². The van der Waals surface area contributed by atoms with Crippen LogP contribution >= 0.6 is 0 Å². The number of ether oxygens (including phenoxy) is 1. The number of rotatable bonds is 4. The Labute approximate surface area is 92.8 Å². The molecule has 1 aliphatic carbocycles. The average molecular weight is 220 g/mol. The van der Waals surface area contributed by atoms with Crippen LogP contribution in [0, 0.1) is 0 Å². The second kappa shape index (κ2) is 4.35. The van der Waals surface area contributed by atoms with Crippen molar-refractivity contribution in [1.82, 2.24) is 0 Å². The fourth-order valence-corrected chi connectivity index (χ4v) is 1.54. The van der Waals surface area contributed by atoms with Gasteiger partial charge in [0, 0.05) is 0 Å². The van der Waals surface area contributed by atoms with E-state index in [0.717, 1.165) is 19.3 Å². The number of benzene rings is 1. The lowest BCUT2D eigenvalue weighted by Crippen LogP contribution is -2.26. The predicted molar refractivity (Wildman–Crippen MR) is 56.7 cm³/mol. The molecule has 0 saturated heterocycles. The molecule has 2 rings (SSSR count). The van der Waals surface area contributed by atoms with Gasteiger partial charge in [-0.3, -0.25) is 4.79 Å². The Hall–Kier alpha value is -1.84. The lowest BCUT2D eigenvalue weighted by atomic mass is 9.96. The number of para-hydroxylation sites is 1. The van der Waals surface area contributed by atoms with Crippen LogP contribution in [0.4, 0.5) is 0 Å². The van der Waals surface area contributed by atoms with Crippen LogP contribution in [0.15, 0.2) is 24.3 Å². The van der Waals surface area contributed by atoms with E-state index in [1.165, 1.54) is 6.07 Å². The summed E-state index contributed by atoms with van der Waals surface area (Å²) in [6.45, 7) is 0. The summed E-state index contributed by atoms with van der Waals surface area (Å²) in [6, 6.07) is 6.47. The van der Waals surface area contributed by atoms with Crippen molar-refractivity contribution in [2.24, 2.45) is 0 Å². The molecule has 0 heterocycles. The van der Waals surface area contributed by atoms with E-state index < -0.39 is 11.8 Å². The van der Waals surface area contributed by atoms with Crippen LogP contribution in [-0.4, -0.2) is 23.0 Å². The van der Waals surface area contributed by atoms with Gasteiger partial charge in [0.1, 0.15) is 5.75 Å². The van der Waals surface area contributed by atoms with Gasteiger partial charge in [-0.15, -0.1) is 0 Å². The minimum atomic E-state index is -1.45. The molecule has 4 heteroatoms. The van der Waals surface area contributed by atoms with E-state index in [2.05, 4.69) is 0 Å². The topological polar surface area (TPSA) is 63.6 Å². The lowest BCUT2D eigenvalue weighted by molar-refractivity contribution is -0.131. The van der Waals surface area contributed by atoms with Gasteiger partial charge in [-0.25, -0.2) is 4.79 Å². The Morgan fingerprint density at radius 3 is 2.50 bits per heavy atom. The molecule has 1 aromatic rings. The van der Waals surface area contributed by atoms with Gasteiger partial charge in [0.05, 0.1) is 11.7 Å². The van der Waals surface area contributed by atoms with Crippen LogP contribution < -0.4 is 4.74 Å². The quantitative estimate of drug-likeness (QED) is 0.621. The Bertz CT molecular complexity index is 421. The first-order chi connectivity index (χ1) is 7.68. The Morgan fingerprint density at radius 1 is 1.25 bits per heavy atom. The normalized spacial score (nSPS) is 15.2. The summed E-state index contributed by atoms with van der Waals surface area (Å²) in [5.41, 5.74) is 0.127. The van der Waals surface area contributed by atoms with Crippen LogP contribution in [-0.2, 0) is 4.79 Å². The second-order valence-electron chi connectivity index (χ2n) is 3.80. The van der Waals surface area contributed by atoms with Crippen LogP contribution in [0.3, 0.4) is 0 Å². The predicted octanol–water partition coefficient (Wildman–Crippen LogP) is 1.89. The fourth-order valence-electron chi connectivity index (χ4n) is 1.54. The van der Waals surface area contributed by atoms with Crippen molar-refractivity contribution in [3.63, 3.8) is 0 Å². The third-order valence-electron chi connectivity index (χ3n) is 2.67. The van der Waals surface area contributed by atoms with E-state index in [4.69, 9.17) is 9.84 Å². The van der Waals surface area contributed by atoms with Crippen LogP contribution in [0.2, 0.25) is 0 Å². The van der Waals surface area contributed by atoms with Crippen molar-refractivity contribution in [3.05, 3.63) is 29.8 Å². The van der Waals surface area contributed by atoms with Gasteiger partial charge in [-0.1, -0.05) is 12.1 Å². The molecular weight excluding hydrogens is 208 g/mol. The molecule has 0 spiro atoms. The van der Waals surface area contributed by atoms with Gasteiger partial charge < -0.3 is 9.84 Å². The van der Waals surface area contributed by atoms with Gasteiger partial charge in [-0.05, 0) is 31.4 Å². The van der Waals surface area contributed by atoms with E-state index in [9.17, 15) is 9.59 Å². The largest absolute Gasteiger partial charge is 0.490 e. The number of carboxylic acids is 1. The summed E-state index contributed by atoms with van der Waals surface area (Å²) in [4.78, 5) is 22.0. The fraction of sp³-hybridized carbons (Fsp3) is 0.333. The van der Waals surface area contributed by atoms with Crippen LogP contribution in [0.5, 0.6) is 5.75 Å². The van der Waals surface area contributed by atoms with Crippen molar-refractivity contribution >= 4 is 11.8 Å². The molecule has 1 fully saturated rings. The highest BCUT2D eigenvalue weighted by Crippen LogP contribution is 2.27. The number of aliphatic carboxylic acids is 1. The molecular formula is C12H12O4. The smallest absolute Gasteiger partial charge is 0.377 e. The third kappa shape index (κ3) is 2.05. The summed E-state index contributed by atoms with van der Waals surface area (Å²) in [7, 11) is 0. The Balaban J connectivity index is 2.22. The number of carbonyl (C=O) groups is 2. The molecule has 16 heavy (non-hydrogen) atoms. The van der Waals surface area contributed by atoms with Crippen LogP contribution in [0.25, 0.3) is 0 Å². The molecule has 1 aromatic carbocycles. The first-order valence-corrected chi connectivity index (χ1v) is 5.22. The minimum Gasteiger partial charge on any atom is -0.490 e. The monoisotopic (exact) mass is 220 g/mol. The lowest BCUT2D eigenvalue weighted by Gasteiger charge is -2.27. The second-order valence-corrected chi connectivity index (χ2v) is 3.80. The maximum Gasteiger partial charge on any atom is 0.377 e. The molecule has 0 aliphatic heterocycles. The Kier molecular flexibility index (Phi) is 2.90. The molecule has 84 valence electrons. The zero-order valence-electron chi connectivity index (χ0n) is 8.68. The number of carbonyl (C=O) groups excluding carboxylic acids is 1. The zero-order chi connectivity index (χ0) is 11.5. The van der Waals surface area contributed by atoms with Crippen molar-refractivity contribution in [3.8, 4) is 5.75 Å². The summed E-state index contributed by atoms with van der Waals surface area (Å²) in [5.74, 6) is -2.00. The zero-order valence-corrected chi connectivity index (χ0v) is 8.68. The summed E-state index contributed by atoms with van der Waals surface area (Å²) < 4.78 is 5.57. The molecule has 1 saturated carbocycles. The van der Waals surface area contributed by atoms with E-state index in [0.29, 0.717) is 5.75 Å². The van der Waals surface area contributed by atoms with Gasteiger partial charge in [-0.2, -0.15) is 0 Å². The van der Waals surface area contributed by atoms with E-state index in [-0.39, 0.29) is 11.7 Å². The summed E-state index contributed by atoms with van der Waals surface area (Å²) in [5, 5.41) is 8.66. The third-order valence-corrected chi connectivity index (χ3v) is 2.67. The van der Waals surface area contributed by atoms with Gasteiger partial charge >= 0.3 is 5.97 Å². The number of carboxylic acid groups (broad SMARTS) is 1. The van der Waals surface area contributed by atoms with Crippen LogP contribution in [0.1, 0.15) is 29.6 Å². The summed E-state index contributed by atoms with van der Waals surface area (Å²) in [6.07, 6.45) is 3.19. The van der Waals surface area contributed by atoms with Crippen molar-refractivity contribution in [1.29, 1.82) is 0 Å². The molecule has 4 nitrogen and oxygen atoms in total. The molecule has 0 radical (unpaired) electrons. The molecule has 1 aliphatic rings. The molecule has 0 amide bonds. The molecule has 0 unspecified atom stereocenters. The van der Waals surface area contributed by atoms with E-state index >= 15 is 0 Å². The van der Waals surface area contributed by atoms with Gasteiger partial charge in [0.25, 0.3) is 5.78 Å². The first-order valence-electron chi connectivity index (χ1n) is 5.22. The van der Waals surface area contributed by atoms with Crippen molar-refractivity contribution in [2.45, 2.75) is 25.4 Å². The maximum absolute atomic E-state index is 11.4. The highest BCUT2D eigenvalue weighted by Gasteiger charge is 2.23. The molecule has 1 N–H and O–H groups in total. The van der Waals surface area contributed by atoms with Gasteiger partial charge in [0.15, 0.2) is 0 Å². The first kappa shape index (κ1) is 10.7. The number of Topliss-reactive ketones (excluding diaryl/α,β-unsaturated/α-hetero) is 1. The number of hydrogen-bond donors (Lipinski definition) is 1. The van der Waals surface area contributed by atoms with E-state index in [1.54, 1.807) is 18.2 Å². The minimum absolute atomic E-state index is 0.127. The van der Waals surface area contributed by atoms with Gasteiger partial charge in [0.2, 0.25) is 0 Å². The van der Waals surface area contributed by atoms with E-state index in [1.807, 2.05) is 0 Å². The molecule has 0 aromatic heterocycles. The average Bonchev–Trinajstić information content (AvgIpc) is 2.23. The Morgan fingerprint density at radius 2 is 1.94 bits per heavy atom. The number of ketones is 1. The van der Waals surface area contributed by atoms with Crippen molar-refractivity contribution < 1.29 is 19.4 Å². The molecule has 0 atom stereocenters. The highest BCUT2D eigenvalue weighted by molar-refractivity contribution is 6.40. The molecule has 0 bridgehead atoms. The highest BCUT2D eigenvalue weighted by atomic mass is 16.5. The standard InChI is InChI=1S/C12H12O4/c13-11(12(14)15)9-6-1-2-7-10(9)16-8-4-3-5-8/h1-2,6-8H,3-5H2,(H,14,15). The number of hydrogen-bond acceptors (Lipinski definition) is 3.